The van der Waals surface area contributed by atoms with Gasteiger partial charge in [-0.3, -0.25) is 4.90 Å². The number of amides is 1. The largest absolute Gasteiger partial charge is 0.480 e. The van der Waals surface area contributed by atoms with Crippen molar-refractivity contribution in [2.24, 2.45) is 0 Å². The minimum atomic E-state index is -3.67. The first-order valence-electron chi connectivity index (χ1n) is 9.43. The fourth-order valence-corrected chi connectivity index (χ4v) is 3.81. The Labute approximate surface area is 176 Å². The van der Waals surface area contributed by atoms with Gasteiger partial charge in [-0.25, -0.2) is 22.7 Å². The molecule has 1 amide bonds. The molecule has 0 fully saturated rings. The van der Waals surface area contributed by atoms with Crippen molar-refractivity contribution in [1.82, 2.24) is 9.62 Å². The summed E-state index contributed by atoms with van der Waals surface area (Å²) in [6.07, 6.45) is -0.451. The Kier molecular flexibility index (Phi) is 8.37. The predicted molar refractivity (Wildman–Crippen MR) is 111 cm³/mol. The quantitative estimate of drug-likeness (QED) is 0.556. The van der Waals surface area contributed by atoms with Gasteiger partial charge in [-0.15, -0.1) is 0 Å². The van der Waals surface area contributed by atoms with Gasteiger partial charge in [0, 0.05) is 13.6 Å². The number of aryl methyl sites for hydroxylation is 1. The standard InChI is InChI=1S/C21H26N2O6S/c1-16-10-12-18(13-11-16)30(27,28)22-14-6-9-19(20(24)25)23(2)21(26)29-15-17-7-4-3-5-8-17/h3-5,7-8,10-13,19,22H,6,9,14-15H2,1-2H3,(H,24,25)/t19-/m0/s1. The summed E-state index contributed by atoms with van der Waals surface area (Å²) in [5, 5.41) is 9.45. The van der Waals surface area contributed by atoms with Crippen LogP contribution in [0.4, 0.5) is 4.79 Å². The lowest BCUT2D eigenvalue weighted by molar-refractivity contribution is -0.142. The molecule has 162 valence electrons. The molecule has 0 aromatic heterocycles. The first-order valence-corrected chi connectivity index (χ1v) is 10.9. The molecule has 2 aromatic carbocycles. The minimum Gasteiger partial charge on any atom is -0.480 e. The van der Waals surface area contributed by atoms with E-state index >= 15 is 0 Å². The Morgan fingerprint density at radius 3 is 2.33 bits per heavy atom. The number of carbonyl (C=O) groups is 2. The topological polar surface area (TPSA) is 113 Å². The van der Waals surface area contributed by atoms with Crippen LogP contribution >= 0.6 is 0 Å². The Morgan fingerprint density at radius 1 is 1.10 bits per heavy atom. The Balaban J connectivity index is 1.85. The van der Waals surface area contributed by atoms with Crippen LogP contribution in [0.1, 0.15) is 24.0 Å². The fourth-order valence-electron chi connectivity index (χ4n) is 2.73. The molecule has 0 saturated heterocycles. The molecular formula is C21H26N2O6S. The summed E-state index contributed by atoms with van der Waals surface area (Å²) < 4.78 is 32.2. The van der Waals surface area contributed by atoms with E-state index < -0.39 is 28.1 Å². The number of carboxylic acids is 1. The number of likely N-dealkylation sites (N-methyl/N-ethyl adjacent to an activating group) is 1. The normalized spacial score (nSPS) is 12.2. The first-order chi connectivity index (χ1) is 14.2. The molecular weight excluding hydrogens is 408 g/mol. The highest BCUT2D eigenvalue weighted by atomic mass is 32.2. The summed E-state index contributed by atoms with van der Waals surface area (Å²) in [6, 6.07) is 14.3. The van der Waals surface area contributed by atoms with E-state index in [0.717, 1.165) is 16.0 Å². The third kappa shape index (κ3) is 6.85. The van der Waals surface area contributed by atoms with Crippen molar-refractivity contribution in [3.63, 3.8) is 0 Å². The van der Waals surface area contributed by atoms with E-state index in [1.807, 2.05) is 25.1 Å². The summed E-state index contributed by atoms with van der Waals surface area (Å²) in [5.74, 6) is -1.18. The first kappa shape index (κ1) is 23.4. The van der Waals surface area contributed by atoms with Crippen LogP contribution in [-0.4, -0.2) is 50.1 Å². The van der Waals surface area contributed by atoms with Crippen LogP contribution < -0.4 is 4.72 Å². The number of nitrogens with one attached hydrogen (secondary N) is 1. The maximum atomic E-state index is 12.3. The van der Waals surface area contributed by atoms with Crippen LogP contribution in [0.15, 0.2) is 59.5 Å². The zero-order chi connectivity index (χ0) is 22.1. The van der Waals surface area contributed by atoms with Crippen LogP contribution in [0.5, 0.6) is 0 Å². The predicted octanol–water partition coefficient (Wildman–Crippen LogP) is 2.78. The van der Waals surface area contributed by atoms with Gasteiger partial charge in [0.1, 0.15) is 12.6 Å². The van der Waals surface area contributed by atoms with E-state index in [4.69, 9.17) is 4.74 Å². The van der Waals surface area contributed by atoms with E-state index in [1.54, 1.807) is 24.3 Å². The van der Waals surface area contributed by atoms with Gasteiger partial charge in [0.25, 0.3) is 0 Å². The van der Waals surface area contributed by atoms with Crippen molar-refractivity contribution in [3.05, 3.63) is 65.7 Å². The molecule has 9 heteroatoms. The summed E-state index contributed by atoms with van der Waals surface area (Å²) in [7, 11) is -2.32. The van der Waals surface area contributed by atoms with E-state index in [1.165, 1.54) is 19.2 Å². The molecule has 0 radical (unpaired) electrons. The number of sulfonamides is 1. The maximum Gasteiger partial charge on any atom is 0.410 e. The Bertz CT molecular complexity index is 945. The van der Waals surface area contributed by atoms with Gasteiger partial charge in [-0.2, -0.15) is 0 Å². The molecule has 0 aliphatic rings. The van der Waals surface area contributed by atoms with Crippen LogP contribution in [-0.2, 0) is 26.2 Å². The number of hydrogen-bond donors (Lipinski definition) is 2. The molecule has 2 aromatic rings. The van der Waals surface area contributed by atoms with Crippen molar-refractivity contribution in [3.8, 4) is 0 Å². The van der Waals surface area contributed by atoms with Crippen molar-refractivity contribution in [1.29, 1.82) is 0 Å². The third-order valence-electron chi connectivity index (χ3n) is 4.52. The van der Waals surface area contributed by atoms with Crippen LogP contribution in [0.3, 0.4) is 0 Å². The van der Waals surface area contributed by atoms with Crippen LogP contribution in [0, 0.1) is 6.92 Å². The van der Waals surface area contributed by atoms with Gasteiger partial charge in [0.15, 0.2) is 0 Å². The molecule has 0 bridgehead atoms. The highest BCUT2D eigenvalue weighted by molar-refractivity contribution is 7.89. The molecule has 0 spiro atoms. The number of carboxylic acid groups (broad SMARTS) is 1. The summed E-state index contributed by atoms with van der Waals surface area (Å²) >= 11 is 0. The highest BCUT2D eigenvalue weighted by Crippen LogP contribution is 2.12. The van der Waals surface area contributed by atoms with Gasteiger partial charge < -0.3 is 9.84 Å². The molecule has 1 atom stereocenters. The molecule has 2 rings (SSSR count). The molecule has 0 aliphatic heterocycles. The Hall–Kier alpha value is -2.91. The number of benzene rings is 2. The highest BCUT2D eigenvalue weighted by Gasteiger charge is 2.27. The number of carbonyl (C=O) groups excluding carboxylic acids is 1. The van der Waals surface area contributed by atoms with Gasteiger partial charge in [0.05, 0.1) is 4.90 Å². The second-order valence-corrected chi connectivity index (χ2v) is 8.63. The summed E-state index contributed by atoms with van der Waals surface area (Å²) in [4.78, 5) is 24.9. The molecule has 2 N–H and O–H groups in total. The monoisotopic (exact) mass is 434 g/mol. The fraction of sp³-hybridized carbons (Fsp3) is 0.333. The molecule has 30 heavy (non-hydrogen) atoms. The SMILES string of the molecule is Cc1ccc(S(=O)(=O)NCCC[C@@H](C(=O)O)N(C)C(=O)OCc2ccccc2)cc1. The number of aliphatic carboxylic acids is 1. The smallest absolute Gasteiger partial charge is 0.410 e. The lowest BCUT2D eigenvalue weighted by Gasteiger charge is -2.24. The average molecular weight is 435 g/mol. The van der Waals surface area contributed by atoms with E-state index in [2.05, 4.69) is 4.72 Å². The van der Waals surface area contributed by atoms with E-state index in [0.29, 0.717) is 0 Å². The van der Waals surface area contributed by atoms with Gasteiger partial charge in [-0.05, 0) is 37.5 Å². The van der Waals surface area contributed by atoms with Crippen molar-refractivity contribution in [2.45, 2.75) is 37.3 Å². The van der Waals surface area contributed by atoms with E-state index in [-0.39, 0.29) is 30.9 Å². The molecule has 8 nitrogen and oxygen atoms in total. The molecule has 0 saturated carbocycles. The lowest BCUT2D eigenvalue weighted by Crippen LogP contribution is -2.43. The van der Waals surface area contributed by atoms with Gasteiger partial charge in [0.2, 0.25) is 10.0 Å². The number of nitrogens with zero attached hydrogens (tertiary/aromatic N) is 1. The van der Waals surface area contributed by atoms with Crippen LogP contribution in [0.2, 0.25) is 0 Å². The van der Waals surface area contributed by atoms with Crippen LogP contribution in [0.25, 0.3) is 0 Å². The van der Waals surface area contributed by atoms with Crippen molar-refractivity contribution >= 4 is 22.1 Å². The number of hydrogen-bond acceptors (Lipinski definition) is 5. The third-order valence-corrected chi connectivity index (χ3v) is 6.00. The Morgan fingerprint density at radius 2 is 1.73 bits per heavy atom. The van der Waals surface area contributed by atoms with Gasteiger partial charge in [-0.1, -0.05) is 48.0 Å². The minimum absolute atomic E-state index is 0.0344. The maximum absolute atomic E-state index is 12.3. The summed E-state index contributed by atoms with van der Waals surface area (Å²) in [6.45, 7) is 1.94. The molecule has 0 aliphatic carbocycles. The summed E-state index contributed by atoms with van der Waals surface area (Å²) in [5.41, 5.74) is 1.73. The van der Waals surface area contributed by atoms with Gasteiger partial charge >= 0.3 is 12.1 Å². The van der Waals surface area contributed by atoms with Crippen molar-refractivity contribution in [2.75, 3.05) is 13.6 Å². The lowest BCUT2D eigenvalue weighted by atomic mass is 10.1. The average Bonchev–Trinajstić information content (AvgIpc) is 2.72. The van der Waals surface area contributed by atoms with E-state index in [9.17, 15) is 23.1 Å². The second kappa shape index (κ2) is 10.7. The number of rotatable bonds is 10. The molecule has 0 unspecified atom stereocenters. The zero-order valence-electron chi connectivity index (χ0n) is 16.9. The number of ether oxygens (including phenoxy) is 1. The molecule has 0 heterocycles. The van der Waals surface area contributed by atoms with Crippen molar-refractivity contribution < 1.29 is 27.9 Å². The second-order valence-electron chi connectivity index (χ2n) is 6.86. The zero-order valence-corrected chi connectivity index (χ0v) is 17.8.